The van der Waals surface area contributed by atoms with Crippen molar-refractivity contribution in [2.75, 3.05) is 32.1 Å². The van der Waals surface area contributed by atoms with Crippen molar-refractivity contribution < 1.29 is 9.84 Å². The molecule has 72 valence electrons. The van der Waals surface area contributed by atoms with Gasteiger partial charge in [0.2, 0.25) is 0 Å². The van der Waals surface area contributed by atoms with E-state index in [-0.39, 0.29) is 6.10 Å². The molecule has 1 fully saturated rings. The third-order valence-electron chi connectivity index (χ3n) is 2.21. The van der Waals surface area contributed by atoms with Crippen LogP contribution in [0.2, 0.25) is 0 Å². The van der Waals surface area contributed by atoms with Crippen molar-refractivity contribution in [2.45, 2.75) is 18.6 Å². The third kappa shape index (κ3) is 3.01. The Morgan fingerprint density at radius 2 is 2.50 bits per heavy atom. The predicted molar refractivity (Wildman–Crippen MR) is 51.7 cm³/mol. The van der Waals surface area contributed by atoms with Gasteiger partial charge in [0.25, 0.3) is 0 Å². The van der Waals surface area contributed by atoms with Crippen LogP contribution in [0.1, 0.15) is 6.42 Å². The average molecular weight is 238 g/mol. The molecular weight excluding hydrogens is 222 g/mol. The summed E-state index contributed by atoms with van der Waals surface area (Å²) in [6.45, 7) is 2.39. The van der Waals surface area contributed by atoms with Gasteiger partial charge in [-0.25, -0.2) is 0 Å². The van der Waals surface area contributed by atoms with E-state index < -0.39 is 0 Å². The molecule has 0 bridgehead atoms. The molecule has 1 aliphatic rings. The number of aliphatic hydroxyl groups is 1. The van der Waals surface area contributed by atoms with Gasteiger partial charge in [-0.1, -0.05) is 15.9 Å². The number of hydrogen-bond acceptors (Lipinski definition) is 3. The summed E-state index contributed by atoms with van der Waals surface area (Å²) in [7, 11) is 2.03. The molecule has 0 radical (unpaired) electrons. The largest absolute Gasteiger partial charge is 0.391 e. The Morgan fingerprint density at radius 3 is 3.00 bits per heavy atom. The third-order valence-corrected chi connectivity index (χ3v) is 2.95. The normalized spacial score (nSPS) is 26.5. The zero-order valence-corrected chi connectivity index (χ0v) is 8.96. The van der Waals surface area contributed by atoms with Crippen LogP contribution < -0.4 is 0 Å². The Morgan fingerprint density at radius 1 is 1.75 bits per heavy atom. The molecule has 0 aromatic carbocycles. The summed E-state index contributed by atoms with van der Waals surface area (Å²) in [5.41, 5.74) is 0. The summed E-state index contributed by atoms with van der Waals surface area (Å²) in [6, 6.07) is 0.499. The Labute approximate surface area is 81.8 Å². The number of nitrogens with zero attached hydrogens (tertiary/aromatic N) is 1. The van der Waals surface area contributed by atoms with Crippen LogP contribution in [-0.4, -0.2) is 54.3 Å². The van der Waals surface area contributed by atoms with Crippen molar-refractivity contribution in [3.05, 3.63) is 0 Å². The Balaban J connectivity index is 2.21. The Hall–Kier alpha value is 0.360. The van der Waals surface area contributed by atoms with Crippen molar-refractivity contribution in [3.8, 4) is 0 Å². The minimum absolute atomic E-state index is 0.268. The smallest absolute Gasteiger partial charge is 0.0763 e. The van der Waals surface area contributed by atoms with Crippen molar-refractivity contribution in [2.24, 2.45) is 0 Å². The molecule has 2 unspecified atom stereocenters. The maximum Gasteiger partial charge on any atom is 0.0763 e. The van der Waals surface area contributed by atoms with Crippen molar-refractivity contribution in [1.82, 2.24) is 4.90 Å². The quantitative estimate of drug-likeness (QED) is 0.722. The maximum atomic E-state index is 9.36. The number of alkyl halides is 1. The molecule has 12 heavy (non-hydrogen) atoms. The minimum Gasteiger partial charge on any atom is -0.391 e. The van der Waals surface area contributed by atoms with E-state index in [0.717, 1.165) is 26.2 Å². The summed E-state index contributed by atoms with van der Waals surface area (Å²) in [5.74, 6) is 0. The summed E-state index contributed by atoms with van der Waals surface area (Å²) in [6.07, 6.45) is 0.821. The second-order valence-electron chi connectivity index (χ2n) is 3.27. The molecule has 4 heteroatoms. The highest BCUT2D eigenvalue weighted by atomic mass is 79.9. The summed E-state index contributed by atoms with van der Waals surface area (Å²) >= 11 is 3.24. The fourth-order valence-corrected chi connectivity index (χ4v) is 1.60. The van der Waals surface area contributed by atoms with Gasteiger partial charge in [-0.3, -0.25) is 4.90 Å². The fourth-order valence-electron chi connectivity index (χ4n) is 1.40. The summed E-state index contributed by atoms with van der Waals surface area (Å²) in [5, 5.41) is 10.0. The second-order valence-corrected chi connectivity index (χ2v) is 3.91. The molecule has 0 aliphatic carbocycles. The van der Waals surface area contributed by atoms with Crippen LogP contribution in [0.3, 0.4) is 0 Å². The van der Waals surface area contributed by atoms with E-state index in [2.05, 4.69) is 20.8 Å². The van der Waals surface area contributed by atoms with Crippen LogP contribution in [0.4, 0.5) is 0 Å². The lowest BCUT2D eigenvalue weighted by Crippen LogP contribution is -2.38. The van der Waals surface area contributed by atoms with Gasteiger partial charge in [-0.15, -0.1) is 0 Å². The van der Waals surface area contributed by atoms with Gasteiger partial charge < -0.3 is 9.84 Å². The van der Waals surface area contributed by atoms with Gasteiger partial charge in [-0.05, 0) is 13.5 Å². The average Bonchev–Trinajstić information content (AvgIpc) is 2.56. The molecule has 1 aliphatic heterocycles. The molecule has 0 spiro atoms. The zero-order valence-electron chi connectivity index (χ0n) is 7.37. The van der Waals surface area contributed by atoms with E-state index in [1.807, 2.05) is 7.05 Å². The van der Waals surface area contributed by atoms with Crippen LogP contribution in [-0.2, 0) is 4.74 Å². The van der Waals surface area contributed by atoms with Gasteiger partial charge in [0, 0.05) is 24.5 Å². The van der Waals surface area contributed by atoms with Gasteiger partial charge in [-0.2, -0.15) is 0 Å². The van der Waals surface area contributed by atoms with Crippen LogP contribution in [0.15, 0.2) is 0 Å². The van der Waals surface area contributed by atoms with E-state index in [1.54, 1.807) is 0 Å². The van der Waals surface area contributed by atoms with Gasteiger partial charge in [0.05, 0.1) is 12.7 Å². The van der Waals surface area contributed by atoms with Crippen LogP contribution in [0.25, 0.3) is 0 Å². The predicted octanol–water partition coefficient (Wildman–Crippen LogP) is 0.463. The van der Waals surface area contributed by atoms with E-state index >= 15 is 0 Å². The molecule has 0 saturated carbocycles. The molecule has 1 heterocycles. The Kier molecular flexibility index (Phi) is 4.50. The molecule has 1 rings (SSSR count). The molecule has 0 amide bonds. The highest BCUT2D eigenvalue weighted by molar-refractivity contribution is 9.09. The summed E-state index contributed by atoms with van der Waals surface area (Å²) < 4.78 is 5.26. The van der Waals surface area contributed by atoms with Crippen molar-refractivity contribution >= 4 is 15.9 Å². The highest BCUT2D eigenvalue weighted by Gasteiger charge is 2.21. The number of likely N-dealkylation sites (N-methyl/N-ethyl adjacent to an activating group) is 1. The molecule has 0 aromatic rings. The molecule has 1 saturated heterocycles. The molecule has 0 aromatic heterocycles. The number of aliphatic hydroxyl groups excluding tert-OH is 1. The highest BCUT2D eigenvalue weighted by Crippen LogP contribution is 2.10. The maximum absolute atomic E-state index is 9.36. The number of rotatable bonds is 4. The first-order chi connectivity index (χ1) is 5.74. The van der Waals surface area contributed by atoms with Crippen LogP contribution in [0.5, 0.6) is 0 Å². The number of halogens is 1. The van der Waals surface area contributed by atoms with Gasteiger partial charge in [0.1, 0.15) is 0 Å². The first-order valence-corrected chi connectivity index (χ1v) is 5.38. The standard InChI is InChI=1S/C8H16BrNO2/c1-10(5-8(11)4-9)7-2-3-12-6-7/h7-8,11H,2-6H2,1H3. The lowest BCUT2D eigenvalue weighted by molar-refractivity contribution is 0.108. The van der Waals surface area contributed by atoms with Gasteiger partial charge >= 0.3 is 0 Å². The topological polar surface area (TPSA) is 32.7 Å². The van der Waals surface area contributed by atoms with Crippen LogP contribution >= 0.6 is 15.9 Å². The van der Waals surface area contributed by atoms with Crippen LogP contribution in [0, 0.1) is 0 Å². The van der Waals surface area contributed by atoms with E-state index in [9.17, 15) is 5.11 Å². The fraction of sp³-hybridized carbons (Fsp3) is 1.00. The van der Waals surface area contributed by atoms with E-state index in [4.69, 9.17) is 4.74 Å². The SMILES string of the molecule is CN(CC(O)CBr)C1CCOC1. The Bertz CT molecular complexity index is 128. The van der Waals surface area contributed by atoms with Gasteiger partial charge in [0.15, 0.2) is 0 Å². The van der Waals surface area contributed by atoms with Crippen molar-refractivity contribution in [3.63, 3.8) is 0 Å². The van der Waals surface area contributed by atoms with Crippen molar-refractivity contribution in [1.29, 1.82) is 0 Å². The number of ether oxygens (including phenoxy) is 1. The molecular formula is C8H16BrNO2. The molecule has 1 N–H and O–H groups in total. The lowest BCUT2D eigenvalue weighted by Gasteiger charge is -2.24. The second kappa shape index (κ2) is 5.17. The summed E-state index contributed by atoms with van der Waals surface area (Å²) in [4.78, 5) is 2.17. The first kappa shape index (κ1) is 10.4. The monoisotopic (exact) mass is 237 g/mol. The first-order valence-electron chi connectivity index (χ1n) is 4.26. The lowest BCUT2D eigenvalue weighted by atomic mass is 10.2. The van der Waals surface area contributed by atoms with E-state index in [1.165, 1.54) is 0 Å². The molecule has 2 atom stereocenters. The van der Waals surface area contributed by atoms with E-state index in [0.29, 0.717) is 11.4 Å². The number of hydrogen-bond donors (Lipinski definition) is 1. The molecule has 3 nitrogen and oxygen atoms in total. The minimum atomic E-state index is -0.268. The zero-order chi connectivity index (χ0) is 8.97.